The number of benzene rings is 1. The molecule has 4 atom stereocenters. The van der Waals surface area contributed by atoms with Crippen LogP contribution in [0.3, 0.4) is 0 Å². The summed E-state index contributed by atoms with van der Waals surface area (Å²) in [6.45, 7) is 3.47. The molecular weight excluding hydrogens is 392 g/mol. The summed E-state index contributed by atoms with van der Waals surface area (Å²) >= 11 is 15.0. The molecule has 1 aromatic carbocycles. The number of unbranched alkanes of at least 4 members (excludes halogenated alkanes) is 2. The van der Waals surface area contributed by atoms with Crippen LogP contribution in [0.1, 0.15) is 50.0 Å². The average molecular weight is 427 g/mol. The maximum absolute atomic E-state index is 6.16. The fourth-order valence-corrected chi connectivity index (χ4v) is 5.91. The predicted molar refractivity (Wildman–Crippen MR) is 125 cm³/mol. The zero-order valence-electron chi connectivity index (χ0n) is 16.6. The van der Waals surface area contributed by atoms with Crippen molar-refractivity contribution < 1.29 is 0 Å². The van der Waals surface area contributed by atoms with Crippen molar-refractivity contribution in [3.05, 3.63) is 34.9 Å². The molecule has 4 unspecified atom stereocenters. The van der Waals surface area contributed by atoms with Crippen LogP contribution in [0.4, 0.5) is 0 Å². The van der Waals surface area contributed by atoms with Gasteiger partial charge in [0.15, 0.2) is 0 Å². The zero-order valence-corrected chi connectivity index (χ0v) is 19.1. The Hall–Kier alpha value is 0.130. The van der Waals surface area contributed by atoms with Crippen molar-refractivity contribution in [1.82, 2.24) is 9.80 Å². The van der Waals surface area contributed by atoms with E-state index in [-0.39, 0.29) is 0 Å². The second-order valence-electron chi connectivity index (χ2n) is 8.33. The molecule has 2 heterocycles. The minimum absolute atomic E-state index is 0.649. The van der Waals surface area contributed by atoms with Gasteiger partial charge in [-0.25, -0.2) is 0 Å². The van der Waals surface area contributed by atoms with Gasteiger partial charge in [-0.15, -0.1) is 0 Å². The first-order valence-electron chi connectivity index (χ1n) is 10.6. The first-order chi connectivity index (χ1) is 13.1. The molecule has 3 rings (SSSR count). The van der Waals surface area contributed by atoms with Crippen LogP contribution in [0.15, 0.2) is 24.3 Å². The van der Waals surface area contributed by atoms with Crippen LogP contribution >= 0.6 is 36.9 Å². The van der Waals surface area contributed by atoms with Crippen LogP contribution in [-0.4, -0.2) is 60.1 Å². The molecule has 2 fully saturated rings. The van der Waals surface area contributed by atoms with Crippen molar-refractivity contribution in [2.45, 2.75) is 56.5 Å². The third kappa shape index (κ3) is 5.60. The first-order valence-corrected chi connectivity index (χ1v) is 12.2. The van der Waals surface area contributed by atoms with E-state index in [0.29, 0.717) is 17.9 Å². The molecule has 5 heteroatoms. The number of piperidine rings is 1. The molecule has 0 spiro atoms. The van der Waals surface area contributed by atoms with E-state index in [2.05, 4.69) is 66.4 Å². The smallest absolute Gasteiger partial charge is 0.0406 e. The van der Waals surface area contributed by atoms with E-state index in [1.54, 1.807) is 0 Å². The zero-order chi connectivity index (χ0) is 19.2. The number of fused-ring (bicyclic) bond motifs is 2. The van der Waals surface area contributed by atoms with E-state index in [0.717, 1.165) is 29.1 Å². The highest BCUT2D eigenvalue weighted by Crippen LogP contribution is 2.46. The molecule has 0 saturated carbocycles. The third-order valence-corrected chi connectivity index (χ3v) is 7.52. The number of nitrogens with zero attached hydrogens (tertiary/aromatic N) is 2. The van der Waals surface area contributed by atoms with E-state index < -0.39 is 0 Å². The summed E-state index contributed by atoms with van der Waals surface area (Å²) in [5, 5.41) is 0.840. The van der Waals surface area contributed by atoms with Crippen molar-refractivity contribution in [1.29, 1.82) is 0 Å². The molecule has 27 heavy (non-hydrogen) atoms. The molecule has 2 aliphatic rings. The Morgan fingerprint density at radius 3 is 2.52 bits per heavy atom. The summed E-state index contributed by atoms with van der Waals surface area (Å²) in [7, 11) is 2.35. The molecule has 0 amide bonds. The van der Waals surface area contributed by atoms with Crippen LogP contribution in [0.2, 0.25) is 5.02 Å². The highest BCUT2D eigenvalue weighted by atomic mass is 35.5. The Balaban J connectivity index is 1.73. The lowest BCUT2D eigenvalue weighted by Gasteiger charge is -2.45. The third-order valence-electron chi connectivity index (χ3n) is 6.75. The van der Waals surface area contributed by atoms with Crippen LogP contribution in [-0.2, 0) is 0 Å². The predicted octanol–water partition coefficient (Wildman–Crippen LogP) is 5.24. The first kappa shape index (κ1) is 21.8. The molecule has 2 bridgehead atoms. The lowest BCUT2D eigenvalue weighted by Crippen LogP contribution is -2.50. The number of rotatable bonds is 10. The highest BCUT2D eigenvalue weighted by Gasteiger charge is 2.46. The van der Waals surface area contributed by atoms with Gasteiger partial charge in [-0.2, -0.15) is 25.3 Å². The van der Waals surface area contributed by atoms with Crippen LogP contribution in [0.5, 0.6) is 0 Å². The number of hydrogen-bond acceptors (Lipinski definition) is 4. The molecule has 2 aliphatic heterocycles. The quantitative estimate of drug-likeness (QED) is 0.390. The molecule has 0 aromatic heterocycles. The van der Waals surface area contributed by atoms with Gasteiger partial charge in [0.2, 0.25) is 0 Å². The van der Waals surface area contributed by atoms with Gasteiger partial charge in [0, 0.05) is 35.9 Å². The topological polar surface area (TPSA) is 6.48 Å². The van der Waals surface area contributed by atoms with Gasteiger partial charge in [0.1, 0.15) is 0 Å². The van der Waals surface area contributed by atoms with Crippen LogP contribution < -0.4 is 0 Å². The summed E-state index contributed by atoms with van der Waals surface area (Å²) in [4.78, 5) is 5.35. The van der Waals surface area contributed by atoms with Gasteiger partial charge >= 0.3 is 0 Å². The molecular formula is C22H35ClN2S2. The molecule has 0 radical (unpaired) electrons. The Bertz CT molecular complexity index is 568. The van der Waals surface area contributed by atoms with Crippen LogP contribution in [0, 0.1) is 5.92 Å². The molecule has 2 saturated heterocycles. The van der Waals surface area contributed by atoms with Gasteiger partial charge in [-0.1, -0.05) is 30.2 Å². The van der Waals surface area contributed by atoms with Gasteiger partial charge in [-0.3, -0.25) is 0 Å². The Morgan fingerprint density at radius 1 is 1.04 bits per heavy atom. The Labute approximate surface area is 181 Å². The molecule has 2 nitrogen and oxygen atoms in total. The van der Waals surface area contributed by atoms with Crippen LogP contribution in [0.25, 0.3) is 0 Å². The number of hydrogen-bond donors (Lipinski definition) is 2. The lowest BCUT2D eigenvalue weighted by molar-refractivity contribution is 0.0721. The maximum atomic E-state index is 6.16. The normalized spacial score (nSPS) is 28.2. The second kappa shape index (κ2) is 10.8. The van der Waals surface area contributed by atoms with Gasteiger partial charge in [0.25, 0.3) is 0 Å². The minimum Gasteiger partial charge on any atom is -0.302 e. The summed E-state index contributed by atoms with van der Waals surface area (Å²) in [6, 6.07) is 10.1. The number of thiol groups is 2. The maximum Gasteiger partial charge on any atom is 0.0406 e. The van der Waals surface area contributed by atoms with Crippen molar-refractivity contribution in [3.63, 3.8) is 0 Å². The van der Waals surface area contributed by atoms with Gasteiger partial charge in [-0.05, 0) is 81.0 Å². The molecule has 152 valence electrons. The Kier molecular flexibility index (Phi) is 8.71. The fraction of sp³-hybridized carbons (Fsp3) is 0.727. The summed E-state index contributed by atoms with van der Waals surface area (Å²) in [5.41, 5.74) is 1.48. The molecule has 0 aliphatic carbocycles. The SMILES string of the molecule is CN1C2CCC1C(CN(CCS)CCCCCS)C(c1ccc(Cl)cc1)C2. The minimum atomic E-state index is 0.649. The highest BCUT2D eigenvalue weighted by molar-refractivity contribution is 7.80. The average Bonchev–Trinajstić information content (AvgIpc) is 2.91. The summed E-state index contributed by atoms with van der Waals surface area (Å²) in [5.74, 6) is 3.28. The number of halogens is 1. The van der Waals surface area contributed by atoms with Gasteiger partial charge < -0.3 is 9.80 Å². The van der Waals surface area contributed by atoms with E-state index in [9.17, 15) is 0 Å². The lowest BCUT2D eigenvalue weighted by atomic mass is 9.76. The van der Waals surface area contributed by atoms with Crippen molar-refractivity contribution >= 4 is 36.9 Å². The monoisotopic (exact) mass is 426 g/mol. The Morgan fingerprint density at radius 2 is 1.81 bits per heavy atom. The van der Waals surface area contributed by atoms with E-state index in [1.165, 1.54) is 57.2 Å². The van der Waals surface area contributed by atoms with Crippen molar-refractivity contribution in [3.8, 4) is 0 Å². The van der Waals surface area contributed by atoms with Crippen molar-refractivity contribution in [2.24, 2.45) is 5.92 Å². The van der Waals surface area contributed by atoms with E-state index >= 15 is 0 Å². The van der Waals surface area contributed by atoms with E-state index in [4.69, 9.17) is 11.6 Å². The van der Waals surface area contributed by atoms with Crippen molar-refractivity contribution in [2.75, 3.05) is 38.2 Å². The summed E-state index contributed by atoms with van der Waals surface area (Å²) in [6.07, 6.45) is 7.77. The second-order valence-corrected chi connectivity index (χ2v) is 9.66. The fourth-order valence-electron chi connectivity index (χ4n) is 5.28. The van der Waals surface area contributed by atoms with Gasteiger partial charge in [0.05, 0.1) is 0 Å². The standard InChI is InChI=1S/C22H35ClN2S2/c1-24-19-9-10-22(24)21(16-25(12-14-27)11-3-2-4-13-26)20(15-19)17-5-7-18(23)8-6-17/h5-8,19-22,26-27H,2-4,9-16H2,1H3. The summed E-state index contributed by atoms with van der Waals surface area (Å²) < 4.78 is 0. The van der Waals surface area contributed by atoms with E-state index in [1.807, 2.05) is 0 Å². The largest absolute Gasteiger partial charge is 0.302 e. The molecule has 1 aromatic rings. The molecule has 0 N–H and O–H groups in total.